The summed E-state index contributed by atoms with van der Waals surface area (Å²) in [5.41, 5.74) is 2.25. The molecule has 0 aromatic heterocycles. The lowest BCUT2D eigenvalue weighted by atomic mass is 9.78. The van der Waals surface area contributed by atoms with Gasteiger partial charge in [0.15, 0.2) is 11.6 Å². The van der Waals surface area contributed by atoms with E-state index in [4.69, 9.17) is 10.00 Å². The number of nitriles is 1. The molecule has 0 saturated heterocycles. The molecule has 1 saturated carbocycles. The Balaban J connectivity index is 1.51. The van der Waals surface area contributed by atoms with Crippen molar-refractivity contribution in [3.05, 3.63) is 64.7 Å². The fraction of sp³-hybridized carbons (Fsp3) is 0.462. The first-order valence-electron chi connectivity index (χ1n) is 11.2. The van der Waals surface area contributed by atoms with Gasteiger partial charge in [0.05, 0.1) is 11.5 Å². The van der Waals surface area contributed by atoms with E-state index in [0.717, 1.165) is 31.4 Å². The number of rotatable bonds is 8. The van der Waals surface area contributed by atoms with Gasteiger partial charge in [0.25, 0.3) is 0 Å². The van der Waals surface area contributed by atoms with Gasteiger partial charge in [-0.05, 0) is 67.7 Å². The topological polar surface area (TPSA) is 50.1 Å². The molecule has 1 aliphatic rings. The highest BCUT2D eigenvalue weighted by Crippen LogP contribution is 2.37. The van der Waals surface area contributed by atoms with Gasteiger partial charge in [-0.3, -0.25) is 4.79 Å². The van der Waals surface area contributed by atoms with Crippen molar-refractivity contribution in [2.24, 2.45) is 5.92 Å². The van der Waals surface area contributed by atoms with Gasteiger partial charge in [0, 0.05) is 0 Å². The van der Waals surface area contributed by atoms with Crippen LogP contribution in [-0.2, 0) is 11.2 Å². The minimum absolute atomic E-state index is 0.327. The summed E-state index contributed by atoms with van der Waals surface area (Å²) in [5.74, 6) is -3.50. The van der Waals surface area contributed by atoms with Crippen molar-refractivity contribution in [3.8, 4) is 11.8 Å². The van der Waals surface area contributed by atoms with E-state index in [1.165, 1.54) is 36.8 Å². The Morgan fingerprint density at radius 1 is 1.00 bits per heavy atom. The van der Waals surface area contributed by atoms with Crippen LogP contribution in [0.1, 0.15) is 80.9 Å². The minimum Gasteiger partial charge on any atom is -0.423 e. The quantitative estimate of drug-likeness (QED) is 0.264. The number of hydrogen-bond donors (Lipinski definition) is 0. The van der Waals surface area contributed by atoms with Crippen molar-refractivity contribution in [2.45, 2.75) is 70.6 Å². The molecule has 3 rings (SSSR count). The Hall–Kier alpha value is -2.74. The zero-order chi connectivity index (χ0) is 22.2. The van der Waals surface area contributed by atoms with E-state index in [1.807, 2.05) is 0 Å². The smallest absolute Gasteiger partial charge is 0.314 e. The SMILES string of the molecule is CCCCCCc1ccc(C2CCC(C(=O)Oc3ccc(C#N)c(F)c3F)CC2)cc1. The fourth-order valence-electron chi connectivity index (χ4n) is 4.26. The largest absolute Gasteiger partial charge is 0.423 e. The van der Waals surface area contributed by atoms with Crippen molar-refractivity contribution in [2.75, 3.05) is 0 Å². The molecule has 0 spiro atoms. The molecule has 2 aromatic carbocycles. The number of carbonyl (C=O) groups excluding carboxylic acids is 1. The maximum atomic E-state index is 14.0. The maximum absolute atomic E-state index is 14.0. The molecule has 5 heteroatoms. The van der Waals surface area contributed by atoms with Gasteiger partial charge >= 0.3 is 5.97 Å². The summed E-state index contributed by atoms with van der Waals surface area (Å²) in [6, 6.07) is 12.6. The highest BCUT2D eigenvalue weighted by Gasteiger charge is 2.29. The minimum atomic E-state index is -1.30. The standard InChI is InChI=1S/C26H29F2NO2/c1-2-3-4-5-6-18-7-9-19(10-8-18)20-11-13-21(14-12-20)26(30)31-23-16-15-22(17-29)24(27)25(23)28/h7-10,15-16,20-21H,2-6,11-14H2,1H3. The van der Waals surface area contributed by atoms with Crippen LogP contribution in [0, 0.1) is 28.9 Å². The summed E-state index contributed by atoms with van der Waals surface area (Å²) in [7, 11) is 0. The first-order valence-corrected chi connectivity index (χ1v) is 11.2. The van der Waals surface area contributed by atoms with Gasteiger partial charge in [-0.15, -0.1) is 0 Å². The molecule has 0 amide bonds. The predicted octanol–water partition coefficient (Wildman–Crippen LogP) is 6.84. The molecular weight excluding hydrogens is 396 g/mol. The molecule has 0 heterocycles. The van der Waals surface area contributed by atoms with Crippen LogP contribution in [-0.4, -0.2) is 5.97 Å². The Kier molecular flexibility index (Phi) is 8.17. The summed E-state index contributed by atoms with van der Waals surface area (Å²) in [6.45, 7) is 2.22. The molecule has 31 heavy (non-hydrogen) atoms. The number of esters is 1. The molecule has 0 unspecified atom stereocenters. The number of carbonyl (C=O) groups is 1. The van der Waals surface area contributed by atoms with E-state index >= 15 is 0 Å². The van der Waals surface area contributed by atoms with Crippen molar-refractivity contribution in [1.82, 2.24) is 0 Å². The first kappa shape index (κ1) is 22.9. The Labute approximate surface area is 183 Å². The zero-order valence-electron chi connectivity index (χ0n) is 18.0. The molecule has 3 nitrogen and oxygen atoms in total. The number of nitrogens with zero attached hydrogens (tertiary/aromatic N) is 1. The number of unbranched alkanes of at least 4 members (excludes halogenated alkanes) is 3. The monoisotopic (exact) mass is 425 g/mol. The highest BCUT2D eigenvalue weighted by atomic mass is 19.2. The van der Waals surface area contributed by atoms with E-state index in [2.05, 4.69) is 31.2 Å². The summed E-state index contributed by atoms with van der Waals surface area (Å²) >= 11 is 0. The molecule has 164 valence electrons. The number of ether oxygens (including phenoxy) is 1. The van der Waals surface area contributed by atoms with Crippen LogP contribution < -0.4 is 4.74 Å². The van der Waals surface area contributed by atoms with Gasteiger partial charge in [-0.25, -0.2) is 4.39 Å². The Morgan fingerprint density at radius 2 is 1.71 bits per heavy atom. The number of hydrogen-bond acceptors (Lipinski definition) is 3. The summed E-state index contributed by atoms with van der Waals surface area (Å²) < 4.78 is 32.9. The Bertz CT molecular complexity index is 926. The molecule has 0 N–H and O–H groups in total. The van der Waals surface area contributed by atoms with Crippen LogP contribution >= 0.6 is 0 Å². The second-order valence-electron chi connectivity index (χ2n) is 8.37. The summed E-state index contributed by atoms with van der Waals surface area (Å²) in [6.07, 6.45) is 9.18. The van der Waals surface area contributed by atoms with E-state index < -0.39 is 28.9 Å². The molecule has 0 bridgehead atoms. The van der Waals surface area contributed by atoms with E-state index in [9.17, 15) is 13.6 Å². The van der Waals surface area contributed by atoms with Crippen LogP contribution in [0.2, 0.25) is 0 Å². The third-order valence-corrected chi connectivity index (χ3v) is 6.21. The number of benzene rings is 2. The van der Waals surface area contributed by atoms with E-state index in [1.54, 1.807) is 6.07 Å². The lowest BCUT2D eigenvalue weighted by Gasteiger charge is -2.27. The van der Waals surface area contributed by atoms with Crippen LogP contribution in [0.25, 0.3) is 0 Å². The number of halogens is 2. The van der Waals surface area contributed by atoms with Gasteiger partial charge in [0.2, 0.25) is 5.82 Å². The molecule has 1 fully saturated rings. The van der Waals surface area contributed by atoms with Crippen molar-refractivity contribution < 1.29 is 18.3 Å². The number of aryl methyl sites for hydroxylation is 1. The van der Waals surface area contributed by atoms with E-state index in [-0.39, 0.29) is 5.92 Å². The van der Waals surface area contributed by atoms with Crippen molar-refractivity contribution in [1.29, 1.82) is 5.26 Å². The third-order valence-electron chi connectivity index (χ3n) is 6.21. The zero-order valence-corrected chi connectivity index (χ0v) is 18.0. The second kappa shape index (κ2) is 11.0. The van der Waals surface area contributed by atoms with Crippen LogP contribution in [0.15, 0.2) is 36.4 Å². The molecule has 0 atom stereocenters. The van der Waals surface area contributed by atoms with Crippen molar-refractivity contribution in [3.63, 3.8) is 0 Å². The van der Waals surface area contributed by atoms with Crippen LogP contribution in [0.5, 0.6) is 5.75 Å². The lowest BCUT2D eigenvalue weighted by Crippen LogP contribution is -2.25. The molecule has 0 radical (unpaired) electrons. The maximum Gasteiger partial charge on any atom is 0.314 e. The molecule has 0 aliphatic heterocycles. The Morgan fingerprint density at radius 3 is 2.35 bits per heavy atom. The fourth-order valence-corrected chi connectivity index (χ4v) is 4.26. The summed E-state index contributed by atoms with van der Waals surface area (Å²) in [5, 5.41) is 8.75. The second-order valence-corrected chi connectivity index (χ2v) is 8.37. The van der Waals surface area contributed by atoms with Crippen LogP contribution in [0.4, 0.5) is 8.78 Å². The van der Waals surface area contributed by atoms with Gasteiger partial charge < -0.3 is 4.74 Å². The van der Waals surface area contributed by atoms with Gasteiger partial charge in [-0.2, -0.15) is 9.65 Å². The molecule has 1 aliphatic carbocycles. The third kappa shape index (κ3) is 5.91. The molecular formula is C26H29F2NO2. The average molecular weight is 426 g/mol. The van der Waals surface area contributed by atoms with E-state index in [0.29, 0.717) is 18.8 Å². The lowest BCUT2D eigenvalue weighted by molar-refractivity contribution is -0.140. The van der Waals surface area contributed by atoms with Crippen molar-refractivity contribution >= 4 is 5.97 Å². The normalized spacial score (nSPS) is 18.4. The van der Waals surface area contributed by atoms with Gasteiger partial charge in [-0.1, -0.05) is 50.5 Å². The molecule has 2 aromatic rings. The highest BCUT2D eigenvalue weighted by molar-refractivity contribution is 5.75. The van der Waals surface area contributed by atoms with Gasteiger partial charge in [0.1, 0.15) is 6.07 Å². The summed E-state index contributed by atoms with van der Waals surface area (Å²) in [4.78, 5) is 12.4. The predicted molar refractivity (Wildman–Crippen MR) is 116 cm³/mol. The van der Waals surface area contributed by atoms with Crippen LogP contribution in [0.3, 0.4) is 0 Å². The average Bonchev–Trinajstić information content (AvgIpc) is 2.80. The first-order chi connectivity index (χ1) is 15.0.